The summed E-state index contributed by atoms with van der Waals surface area (Å²) in [5, 5.41) is 0. The van der Waals surface area contributed by atoms with Crippen LogP contribution in [0.15, 0.2) is 36.0 Å². The normalized spacial score (nSPS) is 24.5. The van der Waals surface area contributed by atoms with Gasteiger partial charge in [0.2, 0.25) is 0 Å². The molecular formula is C22H29N3O3. The quantitative estimate of drug-likeness (QED) is 0.728. The van der Waals surface area contributed by atoms with Gasteiger partial charge < -0.3 is 14.5 Å². The average Bonchev–Trinajstić information content (AvgIpc) is 3.31. The number of likely N-dealkylation sites (tertiary alicyclic amines) is 1. The first-order valence-electron chi connectivity index (χ1n) is 10.2. The predicted octanol–water partition coefficient (Wildman–Crippen LogP) is 1.97. The molecule has 1 aromatic rings. The standard InChI is InChI=1S/C22H29N3O3/c1-23-12-10-17(11-13-23)24(2)20-19(16-7-4-3-5-8-16)21(26)25(22(20)27)15-18-9-6-14-28-18/h3-5,7-8,17-18H,6,9-15H2,1-2H3. The lowest BCUT2D eigenvalue weighted by molar-refractivity contribution is -0.139. The maximum Gasteiger partial charge on any atom is 0.277 e. The number of amides is 2. The van der Waals surface area contributed by atoms with Crippen LogP contribution in [0.3, 0.4) is 0 Å². The van der Waals surface area contributed by atoms with Crippen LogP contribution in [0.5, 0.6) is 0 Å². The Morgan fingerprint density at radius 3 is 2.43 bits per heavy atom. The molecule has 0 aliphatic carbocycles. The summed E-state index contributed by atoms with van der Waals surface area (Å²) in [6.45, 7) is 3.07. The van der Waals surface area contributed by atoms with Crippen LogP contribution in [0.25, 0.3) is 5.57 Å². The van der Waals surface area contributed by atoms with Crippen molar-refractivity contribution in [3.8, 4) is 0 Å². The van der Waals surface area contributed by atoms with E-state index < -0.39 is 0 Å². The molecule has 0 bridgehead atoms. The van der Waals surface area contributed by atoms with Gasteiger partial charge in [0.25, 0.3) is 11.8 Å². The molecule has 0 radical (unpaired) electrons. The van der Waals surface area contributed by atoms with Crippen LogP contribution >= 0.6 is 0 Å². The number of hydrogen-bond donors (Lipinski definition) is 0. The second kappa shape index (κ2) is 8.05. The van der Waals surface area contributed by atoms with Gasteiger partial charge in [0.05, 0.1) is 18.2 Å². The summed E-state index contributed by atoms with van der Waals surface area (Å²) in [6, 6.07) is 9.85. The molecule has 0 saturated carbocycles. The summed E-state index contributed by atoms with van der Waals surface area (Å²) in [6.07, 6.45) is 3.83. The molecule has 6 nitrogen and oxygen atoms in total. The molecule has 1 aromatic carbocycles. The first kappa shape index (κ1) is 19.2. The number of nitrogens with zero attached hydrogens (tertiary/aromatic N) is 3. The SMILES string of the molecule is CN1CCC(N(C)C2=C(c3ccccc3)C(=O)N(CC3CCCO3)C2=O)CC1. The zero-order chi connectivity index (χ0) is 19.7. The highest BCUT2D eigenvalue weighted by Crippen LogP contribution is 2.34. The number of imide groups is 1. The molecule has 3 aliphatic rings. The Labute approximate surface area is 166 Å². The number of piperidine rings is 1. The van der Waals surface area contributed by atoms with E-state index in [4.69, 9.17) is 4.74 Å². The molecular weight excluding hydrogens is 354 g/mol. The number of hydrogen-bond acceptors (Lipinski definition) is 5. The lowest BCUT2D eigenvalue weighted by Gasteiger charge is -2.36. The first-order chi connectivity index (χ1) is 13.6. The summed E-state index contributed by atoms with van der Waals surface area (Å²) in [7, 11) is 4.09. The zero-order valence-corrected chi connectivity index (χ0v) is 16.8. The van der Waals surface area contributed by atoms with Gasteiger partial charge >= 0.3 is 0 Å². The number of likely N-dealkylation sites (N-methyl/N-ethyl adjacent to an activating group) is 1. The second-order valence-electron chi connectivity index (χ2n) is 8.09. The Bertz CT molecular complexity index is 762. The molecule has 3 aliphatic heterocycles. The molecule has 28 heavy (non-hydrogen) atoms. The lowest BCUT2D eigenvalue weighted by atomic mass is 10.0. The monoisotopic (exact) mass is 383 g/mol. The minimum atomic E-state index is -0.193. The van der Waals surface area contributed by atoms with Crippen LogP contribution in [0, 0.1) is 0 Å². The van der Waals surface area contributed by atoms with Crippen LogP contribution in [0.4, 0.5) is 0 Å². The number of ether oxygens (including phenoxy) is 1. The van der Waals surface area contributed by atoms with Crippen molar-refractivity contribution in [1.29, 1.82) is 0 Å². The smallest absolute Gasteiger partial charge is 0.277 e. The van der Waals surface area contributed by atoms with Crippen LogP contribution in [-0.2, 0) is 14.3 Å². The largest absolute Gasteiger partial charge is 0.376 e. The highest BCUT2D eigenvalue weighted by molar-refractivity contribution is 6.35. The fourth-order valence-electron chi connectivity index (χ4n) is 4.48. The molecule has 4 rings (SSSR count). The summed E-state index contributed by atoms with van der Waals surface area (Å²) < 4.78 is 5.69. The van der Waals surface area contributed by atoms with E-state index in [1.54, 1.807) is 0 Å². The van der Waals surface area contributed by atoms with Gasteiger partial charge in [0.1, 0.15) is 5.70 Å². The van der Waals surface area contributed by atoms with Crippen LogP contribution in [0.2, 0.25) is 0 Å². The Morgan fingerprint density at radius 1 is 1.07 bits per heavy atom. The van der Waals surface area contributed by atoms with Crippen molar-refractivity contribution < 1.29 is 14.3 Å². The highest BCUT2D eigenvalue weighted by atomic mass is 16.5. The van der Waals surface area contributed by atoms with Crippen molar-refractivity contribution in [3.05, 3.63) is 41.6 Å². The van der Waals surface area contributed by atoms with Crippen molar-refractivity contribution in [2.75, 3.05) is 40.3 Å². The van der Waals surface area contributed by atoms with E-state index in [9.17, 15) is 9.59 Å². The third-order valence-corrected chi connectivity index (χ3v) is 6.20. The molecule has 0 spiro atoms. The van der Waals surface area contributed by atoms with Gasteiger partial charge in [0, 0.05) is 19.7 Å². The van der Waals surface area contributed by atoms with Gasteiger partial charge in [-0.15, -0.1) is 0 Å². The van der Waals surface area contributed by atoms with Gasteiger partial charge in [-0.1, -0.05) is 30.3 Å². The second-order valence-corrected chi connectivity index (χ2v) is 8.09. The van der Waals surface area contributed by atoms with Gasteiger partial charge in [-0.25, -0.2) is 0 Å². The predicted molar refractivity (Wildman–Crippen MR) is 107 cm³/mol. The molecule has 3 heterocycles. The van der Waals surface area contributed by atoms with Crippen LogP contribution in [-0.4, -0.2) is 79.0 Å². The van der Waals surface area contributed by atoms with E-state index in [1.165, 1.54) is 4.90 Å². The molecule has 1 unspecified atom stereocenters. The van der Waals surface area contributed by atoms with Gasteiger partial charge in [-0.05, 0) is 51.4 Å². The lowest BCUT2D eigenvalue weighted by Crippen LogP contribution is -2.44. The van der Waals surface area contributed by atoms with Gasteiger partial charge in [0.15, 0.2) is 0 Å². The molecule has 2 amide bonds. The first-order valence-corrected chi connectivity index (χ1v) is 10.2. The van der Waals surface area contributed by atoms with E-state index in [1.807, 2.05) is 37.4 Å². The fourth-order valence-corrected chi connectivity index (χ4v) is 4.48. The van der Waals surface area contributed by atoms with Crippen molar-refractivity contribution in [2.24, 2.45) is 0 Å². The van der Waals surface area contributed by atoms with E-state index >= 15 is 0 Å². The number of rotatable bonds is 5. The van der Waals surface area contributed by atoms with E-state index in [0.29, 0.717) is 24.4 Å². The minimum Gasteiger partial charge on any atom is -0.376 e. The number of carbonyl (C=O) groups is 2. The van der Waals surface area contributed by atoms with Gasteiger partial charge in [-0.2, -0.15) is 0 Å². The van der Waals surface area contributed by atoms with Crippen molar-refractivity contribution in [3.63, 3.8) is 0 Å². The molecule has 150 valence electrons. The van der Waals surface area contributed by atoms with E-state index in [0.717, 1.165) is 44.3 Å². The molecule has 0 N–H and O–H groups in total. The minimum absolute atomic E-state index is 0.0436. The van der Waals surface area contributed by atoms with Crippen molar-refractivity contribution >= 4 is 17.4 Å². The summed E-state index contributed by atoms with van der Waals surface area (Å²) >= 11 is 0. The maximum atomic E-state index is 13.4. The van der Waals surface area contributed by atoms with Crippen molar-refractivity contribution in [2.45, 2.75) is 37.8 Å². The average molecular weight is 383 g/mol. The zero-order valence-electron chi connectivity index (χ0n) is 16.8. The summed E-state index contributed by atoms with van der Waals surface area (Å²) in [5.41, 5.74) is 1.89. The topological polar surface area (TPSA) is 53.1 Å². The Morgan fingerprint density at radius 2 is 1.79 bits per heavy atom. The molecule has 2 saturated heterocycles. The Hall–Kier alpha value is -2.18. The summed E-state index contributed by atoms with van der Waals surface area (Å²) in [5.74, 6) is -0.373. The van der Waals surface area contributed by atoms with Gasteiger partial charge in [-0.3, -0.25) is 14.5 Å². The summed E-state index contributed by atoms with van der Waals surface area (Å²) in [4.78, 5) is 32.5. The fraction of sp³-hybridized carbons (Fsp3) is 0.545. The van der Waals surface area contributed by atoms with Crippen LogP contribution < -0.4 is 0 Å². The number of benzene rings is 1. The van der Waals surface area contributed by atoms with Crippen molar-refractivity contribution in [1.82, 2.24) is 14.7 Å². The molecule has 1 atom stereocenters. The molecule has 2 fully saturated rings. The Balaban J connectivity index is 1.66. The van der Waals surface area contributed by atoms with Crippen LogP contribution in [0.1, 0.15) is 31.2 Å². The Kier molecular flexibility index (Phi) is 5.51. The number of carbonyl (C=O) groups excluding carboxylic acids is 2. The van der Waals surface area contributed by atoms with E-state index in [-0.39, 0.29) is 24.0 Å². The third kappa shape index (κ3) is 3.59. The molecule has 0 aromatic heterocycles. The third-order valence-electron chi connectivity index (χ3n) is 6.20. The highest BCUT2D eigenvalue weighted by Gasteiger charge is 2.43. The molecule has 6 heteroatoms. The van der Waals surface area contributed by atoms with E-state index in [2.05, 4.69) is 16.8 Å². The maximum absolute atomic E-state index is 13.4.